The summed E-state index contributed by atoms with van der Waals surface area (Å²) in [6.45, 7) is 5.83. The smallest absolute Gasteiger partial charge is 0.355 e. The number of aromatic nitrogens is 1. The number of benzene rings is 2. The monoisotopic (exact) mass is 361 g/mol. The van der Waals surface area contributed by atoms with E-state index in [9.17, 15) is 13.6 Å². The minimum atomic E-state index is -0.743. The predicted molar refractivity (Wildman–Crippen MR) is 94.2 cm³/mol. The molecule has 0 bridgehead atoms. The summed E-state index contributed by atoms with van der Waals surface area (Å²) in [6.07, 6.45) is 0. The molecule has 3 rings (SSSR count). The second-order valence-electron chi connectivity index (χ2n) is 5.79. The Bertz CT molecular complexity index is 945. The van der Waals surface area contributed by atoms with E-state index in [1.807, 2.05) is 32.0 Å². The molecule has 130 valence electrons. The fourth-order valence-corrected chi connectivity index (χ4v) is 3.99. The summed E-state index contributed by atoms with van der Waals surface area (Å²) in [7, 11) is 0. The molecule has 3 nitrogen and oxygen atoms in total. The topological polar surface area (TPSA) is 42.1 Å². The van der Waals surface area contributed by atoms with Gasteiger partial charge >= 0.3 is 5.97 Å². The lowest BCUT2D eigenvalue weighted by atomic mass is 10.2. The molecule has 0 aliphatic rings. The summed E-state index contributed by atoms with van der Waals surface area (Å²) in [5.74, 6) is -2.03. The molecule has 0 unspecified atom stereocenters. The number of esters is 1. The zero-order valence-corrected chi connectivity index (χ0v) is 14.9. The molecule has 1 N–H and O–H groups in total. The first-order valence-electron chi connectivity index (χ1n) is 7.83. The number of carbonyl (C=O) groups is 1. The van der Waals surface area contributed by atoms with Crippen LogP contribution in [0.2, 0.25) is 0 Å². The van der Waals surface area contributed by atoms with E-state index in [4.69, 9.17) is 4.74 Å². The van der Waals surface area contributed by atoms with Crippen molar-refractivity contribution in [1.29, 1.82) is 0 Å². The Balaban J connectivity index is 2.19. The first-order valence-corrected chi connectivity index (χ1v) is 8.64. The Labute approximate surface area is 148 Å². The Morgan fingerprint density at radius 1 is 1.12 bits per heavy atom. The van der Waals surface area contributed by atoms with E-state index in [-0.39, 0.29) is 17.8 Å². The van der Waals surface area contributed by atoms with Gasteiger partial charge in [-0.1, -0.05) is 17.8 Å². The lowest BCUT2D eigenvalue weighted by Gasteiger charge is -2.07. The summed E-state index contributed by atoms with van der Waals surface area (Å²) in [5, 5.41) is 0.324. The van der Waals surface area contributed by atoms with Crippen LogP contribution in [0, 0.1) is 25.5 Å². The van der Waals surface area contributed by atoms with E-state index in [1.54, 1.807) is 6.92 Å². The van der Waals surface area contributed by atoms with Crippen molar-refractivity contribution in [1.82, 2.24) is 4.98 Å². The number of halogens is 2. The van der Waals surface area contributed by atoms with Crippen LogP contribution in [-0.4, -0.2) is 17.6 Å². The van der Waals surface area contributed by atoms with Gasteiger partial charge in [0.1, 0.15) is 17.3 Å². The van der Waals surface area contributed by atoms with Crippen LogP contribution in [0.15, 0.2) is 40.1 Å². The van der Waals surface area contributed by atoms with Crippen LogP contribution < -0.4 is 0 Å². The number of nitrogens with one attached hydrogen (secondary N) is 1. The van der Waals surface area contributed by atoms with Crippen LogP contribution >= 0.6 is 11.8 Å². The molecule has 0 radical (unpaired) electrons. The number of ether oxygens (including phenoxy) is 1. The highest BCUT2D eigenvalue weighted by molar-refractivity contribution is 7.99. The molecule has 1 heterocycles. The molecule has 0 spiro atoms. The van der Waals surface area contributed by atoms with Gasteiger partial charge in [-0.25, -0.2) is 13.6 Å². The fraction of sp³-hybridized carbons (Fsp3) is 0.211. The van der Waals surface area contributed by atoms with E-state index in [0.29, 0.717) is 10.3 Å². The molecule has 0 aliphatic carbocycles. The highest BCUT2D eigenvalue weighted by Crippen LogP contribution is 2.38. The average Bonchev–Trinajstić information content (AvgIpc) is 2.85. The normalized spacial score (nSPS) is 11.1. The Morgan fingerprint density at radius 3 is 2.44 bits per heavy atom. The van der Waals surface area contributed by atoms with Gasteiger partial charge in [0.05, 0.1) is 17.0 Å². The maximum Gasteiger partial charge on any atom is 0.355 e. The molecule has 2 aromatic carbocycles. The quantitative estimate of drug-likeness (QED) is 0.634. The molecule has 0 amide bonds. The number of carbonyl (C=O) groups excluding carboxylic acids is 1. The third-order valence-corrected chi connectivity index (χ3v) is 4.77. The van der Waals surface area contributed by atoms with Crippen molar-refractivity contribution in [2.75, 3.05) is 6.61 Å². The van der Waals surface area contributed by atoms with Crippen LogP contribution in [0.1, 0.15) is 28.5 Å². The highest BCUT2D eigenvalue weighted by atomic mass is 32.2. The second kappa shape index (κ2) is 6.88. The van der Waals surface area contributed by atoms with Crippen LogP contribution in [0.4, 0.5) is 8.78 Å². The molecule has 1 aromatic heterocycles. The van der Waals surface area contributed by atoms with Gasteiger partial charge in [0.15, 0.2) is 0 Å². The Kier molecular flexibility index (Phi) is 4.81. The summed E-state index contributed by atoms with van der Waals surface area (Å²) in [5.41, 5.74) is 2.36. The number of fused-ring (bicyclic) bond motifs is 1. The molecule has 0 atom stereocenters. The molecular weight excluding hydrogens is 344 g/mol. The predicted octanol–water partition coefficient (Wildman–Crippen LogP) is 5.39. The summed E-state index contributed by atoms with van der Waals surface area (Å²) in [6, 6.07) is 7.97. The van der Waals surface area contributed by atoms with Crippen LogP contribution in [-0.2, 0) is 4.74 Å². The number of H-pyrrole nitrogens is 1. The second-order valence-corrected chi connectivity index (χ2v) is 6.87. The first kappa shape index (κ1) is 17.5. The SMILES string of the molecule is CCOC(=O)c1[nH]c2c(F)cc(F)cc2c1Sc1cc(C)cc(C)c1. The van der Waals surface area contributed by atoms with E-state index >= 15 is 0 Å². The third kappa shape index (κ3) is 3.54. The maximum atomic E-state index is 14.1. The number of aryl methyl sites for hydroxylation is 2. The van der Waals surface area contributed by atoms with Gasteiger partial charge in [-0.05, 0) is 50.1 Å². The van der Waals surface area contributed by atoms with Crippen LogP contribution in [0.5, 0.6) is 0 Å². The lowest BCUT2D eigenvalue weighted by Crippen LogP contribution is -2.06. The fourth-order valence-electron chi connectivity index (χ4n) is 2.76. The third-order valence-electron chi connectivity index (χ3n) is 3.67. The van der Waals surface area contributed by atoms with Crippen molar-refractivity contribution in [2.24, 2.45) is 0 Å². The zero-order chi connectivity index (χ0) is 18.1. The van der Waals surface area contributed by atoms with Crippen molar-refractivity contribution < 1.29 is 18.3 Å². The van der Waals surface area contributed by atoms with Crippen LogP contribution in [0.25, 0.3) is 10.9 Å². The van der Waals surface area contributed by atoms with Crippen molar-refractivity contribution >= 4 is 28.6 Å². The summed E-state index contributed by atoms with van der Waals surface area (Å²) >= 11 is 1.28. The Hall–Kier alpha value is -2.34. The highest BCUT2D eigenvalue weighted by Gasteiger charge is 2.22. The van der Waals surface area contributed by atoms with Gasteiger partial charge in [0.2, 0.25) is 0 Å². The molecule has 6 heteroatoms. The lowest BCUT2D eigenvalue weighted by molar-refractivity contribution is 0.0516. The van der Waals surface area contributed by atoms with Crippen molar-refractivity contribution in [3.8, 4) is 0 Å². The van der Waals surface area contributed by atoms with Gasteiger partial charge < -0.3 is 9.72 Å². The van der Waals surface area contributed by atoms with E-state index in [1.165, 1.54) is 17.8 Å². The van der Waals surface area contributed by atoms with Gasteiger partial charge in [0.25, 0.3) is 0 Å². The number of hydrogen-bond acceptors (Lipinski definition) is 3. The number of aromatic amines is 1. The van der Waals surface area contributed by atoms with Gasteiger partial charge in [-0.15, -0.1) is 0 Å². The summed E-state index contributed by atoms with van der Waals surface area (Å²) < 4.78 is 32.9. The van der Waals surface area contributed by atoms with Crippen LogP contribution in [0.3, 0.4) is 0 Å². The number of rotatable bonds is 4. The van der Waals surface area contributed by atoms with Crippen molar-refractivity contribution in [3.63, 3.8) is 0 Å². The standard InChI is InChI=1S/C19H17F2NO2S/c1-4-24-19(23)17-18(25-13-6-10(2)5-11(3)7-13)14-8-12(20)9-15(21)16(14)22-17/h5-9,22H,4H2,1-3H3. The molecule has 25 heavy (non-hydrogen) atoms. The van der Waals surface area contributed by atoms with Crippen molar-refractivity contribution in [3.05, 3.63) is 58.8 Å². The number of hydrogen-bond donors (Lipinski definition) is 1. The molecular formula is C19H17F2NO2S. The van der Waals surface area contributed by atoms with Gasteiger partial charge in [-0.3, -0.25) is 0 Å². The van der Waals surface area contributed by atoms with E-state index in [2.05, 4.69) is 4.98 Å². The maximum absolute atomic E-state index is 14.1. The Morgan fingerprint density at radius 2 is 1.80 bits per heavy atom. The largest absolute Gasteiger partial charge is 0.461 e. The molecule has 0 fully saturated rings. The molecule has 3 aromatic rings. The summed E-state index contributed by atoms with van der Waals surface area (Å²) in [4.78, 5) is 16.4. The molecule has 0 saturated carbocycles. The average molecular weight is 361 g/mol. The van der Waals surface area contributed by atoms with Gasteiger partial charge in [0, 0.05) is 16.3 Å². The minimum absolute atomic E-state index is 0.0938. The van der Waals surface area contributed by atoms with E-state index in [0.717, 1.165) is 22.1 Å². The minimum Gasteiger partial charge on any atom is -0.461 e. The van der Waals surface area contributed by atoms with E-state index < -0.39 is 17.6 Å². The first-order chi connectivity index (χ1) is 11.9. The molecule has 0 aliphatic heterocycles. The van der Waals surface area contributed by atoms with Gasteiger partial charge in [-0.2, -0.15) is 0 Å². The molecule has 0 saturated heterocycles. The van der Waals surface area contributed by atoms with Crippen molar-refractivity contribution in [2.45, 2.75) is 30.6 Å². The zero-order valence-electron chi connectivity index (χ0n) is 14.1.